The zero-order valence-corrected chi connectivity index (χ0v) is 17.2. The van der Waals surface area contributed by atoms with Gasteiger partial charge in [-0.1, -0.05) is 20.8 Å². The van der Waals surface area contributed by atoms with Gasteiger partial charge in [-0.05, 0) is 45.6 Å². The monoisotopic (exact) mass is 368 g/mol. The van der Waals surface area contributed by atoms with Crippen molar-refractivity contribution in [2.24, 2.45) is 17.8 Å². The van der Waals surface area contributed by atoms with Crippen LogP contribution < -0.4 is 0 Å². The number of rotatable bonds is 11. The molecule has 0 spiro atoms. The van der Waals surface area contributed by atoms with Crippen LogP contribution in [0.5, 0.6) is 0 Å². The van der Waals surface area contributed by atoms with E-state index in [1.165, 1.54) is 0 Å². The third-order valence-corrected chi connectivity index (χ3v) is 5.63. The van der Waals surface area contributed by atoms with Crippen LogP contribution in [0.4, 0.5) is 0 Å². The maximum atomic E-state index is 12.7. The number of aliphatic hydroxyl groups is 1. The van der Waals surface area contributed by atoms with Crippen molar-refractivity contribution in [1.82, 2.24) is 9.80 Å². The quantitative estimate of drug-likeness (QED) is 0.601. The van der Waals surface area contributed by atoms with Gasteiger partial charge < -0.3 is 10.0 Å². The molecule has 1 saturated heterocycles. The predicted octanol–water partition coefficient (Wildman–Crippen LogP) is 1.75. The fourth-order valence-corrected chi connectivity index (χ4v) is 3.58. The minimum atomic E-state index is -0.697. The van der Waals surface area contributed by atoms with Crippen molar-refractivity contribution in [3.8, 4) is 0 Å². The summed E-state index contributed by atoms with van der Waals surface area (Å²) in [7, 11) is 1.82. The summed E-state index contributed by atoms with van der Waals surface area (Å²) in [6.45, 7) is 10.5. The molecule has 1 rings (SSSR count). The Kier molecular flexibility index (Phi) is 8.90. The number of nitrogens with zero attached hydrogens (tertiary/aromatic N) is 2. The molecule has 6 nitrogen and oxygen atoms in total. The highest BCUT2D eigenvalue weighted by Crippen LogP contribution is 2.26. The van der Waals surface area contributed by atoms with E-state index in [0.717, 1.165) is 12.8 Å². The molecule has 0 saturated carbocycles. The van der Waals surface area contributed by atoms with E-state index in [1.54, 1.807) is 11.8 Å². The third-order valence-electron chi connectivity index (χ3n) is 5.63. The summed E-state index contributed by atoms with van der Waals surface area (Å²) >= 11 is 0. The molecule has 0 radical (unpaired) electrons. The van der Waals surface area contributed by atoms with Crippen LogP contribution in [0.3, 0.4) is 0 Å². The Morgan fingerprint density at radius 3 is 2.31 bits per heavy atom. The van der Waals surface area contributed by atoms with Gasteiger partial charge in [0.2, 0.25) is 5.91 Å². The Hall–Kier alpha value is -1.27. The van der Waals surface area contributed by atoms with Crippen molar-refractivity contribution < 1.29 is 19.5 Å². The Morgan fingerprint density at radius 2 is 1.85 bits per heavy atom. The number of ketones is 2. The summed E-state index contributed by atoms with van der Waals surface area (Å²) in [5, 5.41) is 10.8. The van der Waals surface area contributed by atoms with Crippen molar-refractivity contribution in [2.45, 2.75) is 66.0 Å². The van der Waals surface area contributed by atoms with Gasteiger partial charge in [0.1, 0.15) is 5.78 Å². The molecule has 1 fully saturated rings. The van der Waals surface area contributed by atoms with Gasteiger partial charge in [0.05, 0.1) is 18.7 Å². The van der Waals surface area contributed by atoms with E-state index in [-0.39, 0.29) is 41.9 Å². The molecule has 0 aromatic heterocycles. The maximum Gasteiger partial charge on any atom is 0.223 e. The molecule has 0 bridgehead atoms. The molecule has 6 heteroatoms. The van der Waals surface area contributed by atoms with E-state index >= 15 is 0 Å². The fraction of sp³-hybridized carbons (Fsp3) is 0.850. The molecular weight excluding hydrogens is 332 g/mol. The number of Topliss-reactive ketones (excluding diaryl/α,β-unsaturated/α-hetero) is 2. The maximum absolute atomic E-state index is 12.7. The molecule has 4 unspecified atom stereocenters. The van der Waals surface area contributed by atoms with Gasteiger partial charge >= 0.3 is 0 Å². The number of amides is 1. The lowest BCUT2D eigenvalue weighted by molar-refractivity contribution is -0.135. The van der Waals surface area contributed by atoms with E-state index in [0.29, 0.717) is 25.4 Å². The van der Waals surface area contributed by atoms with E-state index in [4.69, 9.17) is 0 Å². The Labute approximate surface area is 157 Å². The van der Waals surface area contributed by atoms with E-state index in [9.17, 15) is 19.5 Å². The largest absolute Gasteiger partial charge is 0.391 e. The van der Waals surface area contributed by atoms with Crippen LogP contribution >= 0.6 is 0 Å². The summed E-state index contributed by atoms with van der Waals surface area (Å²) in [5.41, 5.74) is 0. The van der Waals surface area contributed by atoms with Gasteiger partial charge in [0.15, 0.2) is 5.78 Å². The van der Waals surface area contributed by atoms with Gasteiger partial charge in [-0.25, -0.2) is 0 Å². The van der Waals surface area contributed by atoms with Crippen molar-refractivity contribution >= 4 is 17.5 Å². The van der Waals surface area contributed by atoms with Crippen molar-refractivity contribution in [1.29, 1.82) is 0 Å². The molecule has 4 atom stereocenters. The molecule has 150 valence electrons. The van der Waals surface area contributed by atoms with Crippen molar-refractivity contribution in [3.05, 3.63) is 0 Å². The lowest BCUT2D eigenvalue weighted by Crippen LogP contribution is -2.45. The van der Waals surface area contributed by atoms with Crippen LogP contribution in [0, 0.1) is 17.8 Å². The zero-order valence-electron chi connectivity index (χ0n) is 17.2. The Bertz CT molecular complexity index is 506. The van der Waals surface area contributed by atoms with Gasteiger partial charge in [0, 0.05) is 25.4 Å². The summed E-state index contributed by atoms with van der Waals surface area (Å²) in [6, 6.07) is -0.266. The van der Waals surface area contributed by atoms with Crippen molar-refractivity contribution in [3.63, 3.8) is 0 Å². The van der Waals surface area contributed by atoms with E-state index < -0.39 is 6.10 Å². The van der Waals surface area contributed by atoms with Gasteiger partial charge in [-0.3, -0.25) is 19.3 Å². The first-order valence-corrected chi connectivity index (χ1v) is 9.73. The topological polar surface area (TPSA) is 77.9 Å². The number of aliphatic hydroxyl groups excluding tert-OH is 1. The smallest absolute Gasteiger partial charge is 0.223 e. The van der Waals surface area contributed by atoms with Gasteiger partial charge in [-0.15, -0.1) is 0 Å². The lowest BCUT2D eigenvalue weighted by atomic mass is 9.80. The Balaban J connectivity index is 2.78. The first-order valence-electron chi connectivity index (χ1n) is 9.73. The third kappa shape index (κ3) is 6.47. The van der Waals surface area contributed by atoms with Crippen molar-refractivity contribution in [2.75, 3.05) is 26.7 Å². The summed E-state index contributed by atoms with van der Waals surface area (Å²) in [5.74, 6) is -0.0805. The Morgan fingerprint density at radius 1 is 1.23 bits per heavy atom. The zero-order chi connectivity index (χ0) is 20.0. The molecule has 0 aliphatic carbocycles. The SMILES string of the molecule is CC(=O)C(C)N(C)CC(O)C(CC(C)C)C(C)C(=O)CN1CCCC1=O. The average Bonchev–Trinajstić information content (AvgIpc) is 2.95. The predicted molar refractivity (Wildman–Crippen MR) is 102 cm³/mol. The van der Waals surface area contributed by atoms with Crippen LogP contribution in [-0.4, -0.2) is 71.2 Å². The minimum Gasteiger partial charge on any atom is -0.391 e. The van der Waals surface area contributed by atoms with Crippen LogP contribution in [0.1, 0.15) is 53.9 Å². The van der Waals surface area contributed by atoms with Gasteiger partial charge in [0.25, 0.3) is 0 Å². The second-order valence-corrected chi connectivity index (χ2v) is 8.26. The normalized spacial score (nSPS) is 19.7. The first kappa shape index (κ1) is 22.8. The lowest BCUT2D eigenvalue weighted by Gasteiger charge is -2.33. The number of hydrogen-bond donors (Lipinski definition) is 1. The summed E-state index contributed by atoms with van der Waals surface area (Å²) in [6.07, 6.45) is 1.36. The molecule has 1 amide bonds. The fourth-order valence-electron chi connectivity index (χ4n) is 3.58. The summed E-state index contributed by atoms with van der Waals surface area (Å²) in [4.78, 5) is 39.5. The molecular formula is C20H36N2O4. The number of likely N-dealkylation sites (N-methyl/N-ethyl adjacent to an activating group) is 1. The molecule has 1 aliphatic heterocycles. The van der Waals surface area contributed by atoms with Crippen LogP contribution in [0.2, 0.25) is 0 Å². The molecule has 1 aliphatic rings. The molecule has 0 aromatic rings. The second-order valence-electron chi connectivity index (χ2n) is 8.26. The van der Waals surface area contributed by atoms with Gasteiger partial charge in [-0.2, -0.15) is 0 Å². The van der Waals surface area contributed by atoms with Crippen LogP contribution in [-0.2, 0) is 14.4 Å². The number of carbonyl (C=O) groups excluding carboxylic acids is 3. The second kappa shape index (κ2) is 10.2. The number of carbonyl (C=O) groups is 3. The minimum absolute atomic E-state index is 0.00668. The first-order chi connectivity index (χ1) is 12.0. The summed E-state index contributed by atoms with van der Waals surface area (Å²) < 4.78 is 0. The number of hydrogen-bond acceptors (Lipinski definition) is 5. The molecule has 1 N–H and O–H groups in total. The average molecular weight is 369 g/mol. The van der Waals surface area contributed by atoms with Crippen LogP contribution in [0.15, 0.2) is 0 Å². The number of likely N-dealkylation sites (tertiary alicyclic amines) is 1. The molecule has 26 heavy (non-hydrogen) atoms. The van der Waals surface area contributed by atoms with E-state index in [2.05, 4.69) is 13.8 Å². The molecule has 0 aromatic carbocycles. The standard InChI is InChI=1S/C20H36N2O4/c1-13(2)10-17(19(25)11-21(6)15(4)16(5)23)14(3)18(24)12-22-9-7-8-20(22)26/h13-15,17,19,25H,7-12H2,1-6H3. The van der Waals surface area contributed by atoms with Crippen LogP contribution in [0.25, 0.3) is 0 Å². The highest BCUT2D eigenvalue weighted by molar-refractivity contribution is 5.88. The highest BCUT2D eigenvalue weighted by atomic mass is 16.3. The molecule has 1 heterocycles. The van der Waals surface area contributed by atoms with E-state index in [1.807, 2.05) is 25.8 Å². The highest BCUT2D eigenvalue weighted by Gasteiger charge is 2.34.